The Hall–Kier alpha value is -3.49. The van der Waals surface area contributed by atoms with Crippen LogP contribution < -0.4 is 0 Å². The quantitative estimate of drug-likeness (QED) is 0.100. The first-order valence-corrected chi connectivity index (χ1v) is 17.0. The monoisotopic (exact) mass is 683 g/mol. The maximum atomic E-state index is 13.5. The van der Waals surface area contributed by atoms with Crippen LogP contribution in [0.5, 0.6) is 0 Å². The molecule has 2 aromatic heterocycles. The predicted octanol–water partition coefficient (Wildman–Crippen LogP) is 3.51. The predicted molar refractivity (Wildman–Crippen MR) is 167 cm³/mol. The lowest BCUT2D eigenvalue weighted by Gasteiger charge is -2.29. The molecule has 0 saturated carbocycles. The van der Waals surface area contributed by atoms with Crippen molar-refractivity contribution >= 4 is 38.1 Å². The average molecular weight is 684 g/mol. The molecule has 17 heteroatoms. The number of aliphatic carboxylic acids is 1. The van der Waals surface area contributed by atoms with Gasteiger partial charge in [-0.2, -0.15) is 0 Å². The number of aromatic nitrogens is 3. The van der Waals surface area contributed by atoms with Gasteiger partial charge in [-0.15, -0.1) is 0 Å². The highest BCUT2D eigenvalue weighted by Crippen LogP contribution is 2.68. The number of halogens is 1. The molecule has 46 heavy (non-hydrogen) atoms. The number of aliphatic hydroxyl groups is 3. The summed E-state index contributed by atoms with van der Waals surface area (Å²) in [5.74, 6) is -1.43. The van der Waals surface area contributed by atoms with Gasteiger partial charge in [-0.3, -0.25) is 13.9 Å². The lowest BCUT2D eigenvalue weighted by atomic mass is 10.0. The molecule has 0 aliphatic heterocycles. The minimum absolute atomic E-state index is 0.0728. The molecule has 4 aromatic rings. The third-order valence-corrected chi connectivity index (χ3v) is 10.6. The molecule has 14 nitrogen and oxygen atoms in total. The highest BCUT2D eigenvalue weighted by atomic mass is 31.2. The normalized spacial score (nSPS) is 14.0. The van der Waals surface area contributed by atoms with E-state index in [2.05, 4.69) is 23.4 Å². The van der Waals surface area contributed by atoms with Crippen molar-refractivity contribution < 1.29 is 58.3 Å². The van der Waals surface area contributed by atoms with E-state index in [0.717, 1.165) is 38.6 Å². The van der Waals surface area contributed by atoms with Crippen LogP contribution in [0.3, 0.4) is 0 Å². The summed E-state index contributed by atoms with van der Waals surface area (Å²) in [5, 5.41) is 35.9. The van der Waals surface area contributed by atoms with Crippen LogP contribution in [0.2, 0.25) is 0 Å². The first-order chi connectivity index (χ1) is 21.4. The third kappa shape index (κ3) is 8.85. The minimum Gasteiger partial charge on any atom is -0.481 e. The fraction of sp³-hybridized carbons (Fsp3) is 0.310. The molecule has 0 saturated heterocycles. The summed E-state index contributed by atoms with van der Waals surface area (Å²) < 4.78 is 38.5. The van der Waals surface area contributed by atoms with Gasteiger partial charge in [0.15, 0.2) is 0 Å². The van der Waals surface area contributed by atoms with Crippen LogP contribution in [-0.4, -0.2) is 77.4 Å². The number of nitrogens with zero attached hydrogens (tertiary/aromatic N) is 3. The minimum atomic E-state index is -5.41. The Labute approximate surface area is 263 Å². The van der Waals surface area contributed by atoms with E-state index in [1.54, 1.807) is 24.3 Å². The molecule has 0 aliphatic rings. The summed E-state index contributed by atoms with van der Waals surface area (Å²) in [4.78, 5) is 49.5. The van der Waals surface area contributed by atoms with E-state index in [1.807, 2.05) is 24.3 Å². The van der Waals surface area contributed by atoms with Crippen LogP contribution in [0.15, 0.2) is 73.3 Å². The number of hydrogen-bond donors (Lipinski definition) is 8. The molecule has 0 amide bonds. The van der Waals surface area contributed by atoms with Crippen molar-refractivity contribution in [1.82, 2.24) is 14.1 Å². The Morgan fingerprint density at radius 3 is 2.15 bits per heavy atom. The number of benzene rings is 2. The first-order valence-electron chi connectivity index (χ1n) is 13.8. The summed E-state index contributed by atoms with van der Waals surface area (Å²) in [6, 6.07) is 14.4. The van der Waals surface area contributed by atoms with E-state index in [0.29, 0.717) is 0 Å². The number of carboxylic acids is 1. The Balaban J connectivity index is 0.000000304. The molecule has 8 N–H and O–H groups in total. The second-order valence-electron chi connectivity index (χ2n) is 10.8. The van der Waals surface area contributed by atoms with E-state index in [9.17, 15) is 33.6 Å². The lowest BCUT2D eigenvalue weighted by Crippen LogP contribution is -2.33. The van der Waals surface area contributed by atoms with Crippen molar-refractivity contribution in [3.63, 3.8) is 0 Å². The third-order valence-electron chi connectivity index (χ3n) is 6.88. The van der Waals surface area contributed by atoms with Gasteiger partial charge >= 0.3 is 21.2 Å². The Kier molecular flexibility index (Phi) is 12.0. The number of fused-ring (bicyclic) bond motifs is 1. The van der Waals surface area contributed by atoms with Gasteiger partial charge in [0.2, 0.25) is 0 Å². The van der Waals surface area contributed by atoms with Gasteiger partial charge in [0.1, 0.15) is 5.82 Å². The zero-order valence-electron chi connectivity index (χ0n) is 24.8. The van der Waals surface area contributed by atoms with Gasteiger partial charge in [0.05, 0.1) is 31.5 Å². The van der Waals surface area contributed by atoms with Crippen LogP contribution in [-0.2, 0) is 20.5 Å². The van der Waals surface area contributed by atoms with E-state index in [-0.39, 0.29) is 18.3 Å². The topological polar surface area (TPSA) is 236 Å². The molecule has 0 aliphatic carbocycles. The fourth-order valence-electron chi connectivity index (χ4n) is 4.75. The lowest BCUT2D eigenvalue weighted by molar-refractivity contribution is -0.139. The van der Waals surface area contributed by atoms with Gasteiger partial charge in [-0.25, -0.2) is 9.37 Å². The molecule has 2 atom stereocenters. The standard InChI is InChI=1S/C24H26FNO4.C5H10N2O7P2/c1-15(2)26-21-6-4-3-5-20(21)24(16-7-9-17(25)10-8-16)22(26)12-11-18(27)13-19(28)14-23(29)30;8-5(15(9,10)11,16(12,13)14)3-7-2-1-6-4-7/h3-12,15,18-19,27-28H,13-14H2,1-2H3,(H,29,30);1-2,4,8H,3H2,(H2,9,10,11)(H2,12,13,14)/b12-11+;/t18-,19-;/m0./s1. The van der Waals surface area contributed by atoms with Crippen molar-refractivity contribution in [3.8, 4) is 11.1 Å². The van der Waals surface area contributed by atoms with E-state index >= 15 is 0 Å². The van der Waals surface area contributed by atoms with Crippen LogP contribution in [0, 0.1) is 5.82 Å². The Morgan fingerprint density at radius 1 is 1.02 bits per heavy atom. The molecule has 0 spiro atoms. The molecule has 2 heterocycles. The molecule has 0 bridgehead atoms. The molecule has 0 radical (unpaired) electrons. The molecule has 0 fully saturated rings. The number of aliphatic hydroxyl groups excluding tert-OH is 2. The van der Waals surface area contributed by atoms with Crippen molar-refractivity contribution in [3.05, 3.63) is 84.8 Å². The van der Waals surface area contributed by atoms with Crippen LogP contribution in [0.25, 0.3) is 28.1 Å². The van der Waals surface area contributed by atoms with Crippen LogP contribution in [0.1, 0.15) is 38.4 Å². The molecule has 4 rings (SSSR count). The van der Waals surface area contributed by atoms with Crippen LogP contribution >= 0.6 is 15.2 Å². The van der Waals surface area contributed by atoms with Crippen molar-refractivity contribution in [1.29, 1.82) is 0 Å². The van der Waals surface area contributed by atoms with Crippen LogP contribution in [0.4, 0.5) is 4.39 Å². The van der Waals surface area contributed by atoms with Gasteiger partial charge in [-0.05, 0) is 43.7 Å². The fourth-order valence-corrected chi connectivity index (χ4v) is 6.80. The summed E-state index contributed by atoms with van der Waals surface area (Å²) in [6.45, 7) is 3.16. The van der Waals surface area contributed by atoms with E-state index < -0.39 is 51.4 Å². The number of para-hydroxylation sites is 1. The molecular weight excluding hydrogens is 647 g/mol. The largest absolute Gasteiger partial charge is 0.481 e. The molecule has 250 valence electrons. The highest BCUT2D eigenvalue weighted by Gasteiger charge is 2.59. The number of imidazole rings is 1. The Morgan fingerprint density at radius 2 is 1.63 bits per heavy atom. The van der Waals surface area contributed by atoms with Crippen molar-refractivity contribution in [2.24, 2.45) is 0 Å². The maximum absolute atomic E-state index is 13.5. The van der Waals surface area contributed by atoms with Crippen molar-refractivity contribution in [2.75, 3.05) is 0 Å². The van der Waals surface area contributed by atoms with Gasteiger partial charge in [0.25, 0.3) is 5.08 Å². The number of carboxylic acid groups (broad SMARTS) is 1. The number of hydrogen-bond acceptors (Lipinski definition) is 7. The summed E-state index contributed by atoms with van der Waals surface area (Å²) in [6.07, 6.45) is 4.23. The highest BCUT2D eigenvalue weighted by molar-refractivity contribution is 7.72. The van der Waals surface area contributed by atoms with Gasteiger partial charge < -0.3 is 49.1 Å². The smallest absolute Gasteiger partial charge is 0.371 e. The maximum Gasteiger partial charge on any atom is 0.371 e. The molecule has 0 unspecified atom stereocenters. The van der Waals surface area contributed by atoms with Gasteiger partial charge in [-0.1, -0.05) is 36.4 Å². The first kappa shape index (κ1) is 37.0. The second kappa shape index (κ2) is 14.9. The Bertz CT molecular complexity index is 1720. The summed E-state index contributed by atoms with van der Waals surface area (Å²) in [5.41, 5.74) is 3.65. The SMILES string of the molecule is CC(C)n1c(/C=C/[C@H](O)C[C@H](O)CC(=O)O)c(-c2ccc(F)cc2)c2ccccc21.O=P(O)(O)C(O)(Cn1ccnc1)P(=O)(O)O. The molecule has 2 aromatic carbocycles. The zero-order valence-corrected chi connectivity index (χ0v) is 26.6. The van der Waals surface area contributed by atoms with E-state index in [4.69, 9.17) is 24.7 Å². The molecular formula is C29H36FN3O11P2. The summed E-state index contributed by atoms with van der Waals surface area (Å²) in [7, 11) is -10.8. The second-order valence-corrected chi connectivity index (χ2v) is 14.8. The number of rotatable bonds is 12. The zero-order chi connectivity index (χ0) is 34.4. The van der Waals surface area contributed by atoms with E-state index in [1.165, 1.54) is 24.5 Å². The summed E-state index contributed by atoms with van der Waals surface area (Å²) >= 11 is 0. The number of carbonyl (C=O) groups is 1. The van der Waals surface area contributed by atoms with Crippen molar-refractivity contribution in [2.45, 2.75) is 56.6 Å². The van der Waals surface area contributed by atoms with Gasteiger partial charge in [0, 0.05) is 47.0 Å². The average Bonchev–Trinajstić information content (AvgIpc) is 3.56.